The Kier molecular flexibility index (Phi) is 5.68. The van der Waals surface area contributed by atoms with Crippen molar-refractivity contribution in [2.75, 3.05) is 6.54 Å². The lowest BCUT2D eigenvalue weighted by molar-refractivity contribution is 0.248. The molecule has 0 spiro atoms. The molecular weight excluding hydrogens is 358 g/mol. The summed E-state index contributed by atoms with van der Waals surface area (Å²) < 4.78 is 0. The number of phenolic OH excluding ortho intramolecular Hbond substituents is 2. The summed E-state index contributed by atoms with van der Waals surface area (Å²) in [4.78, 5) is 2.33. The standard InChI is InChI=1S/C26H27NO2/c1-2-3-16-27(17-23-21-10-6-4-8-19(21)12-14-25(23)28)18-24-22-11-7-5-9-20(22)13-15-26(24)29/h4-15,28-29H,2-3,16-18H2,1H3. The Morgan fingerprint density at radius 2 is 1.14 bits per heavy atom. The molecule has 0 atom stereocenters. The number of benzene rings is 4. The lowest BCUT2D eigenvalue weighted by Crippen LogP contribution is -2.24. The molecular formula is C26H27NO2. The molecule has 3 heteroatoms. The summed E-state index contributed by atoms with van der Waals surface area (Å²) in [5.74, 6) is 0.652. The van der Waals surface area contributed by atoms with Gasteiger partial charge in [0.05, 0.1) is 0 Å². The molecule has 0 heterocycles. The largest absolute Gasteiger partial charge is 0.508 e. The highest BCUT2D eigenvalue weighted by molar-refractivity contribution is 5.88. The zero-order chi connectivity index (χ0) is 20.2. The molecule has 4 aromatic rings. The molecule has 4 rings (SSSR count). The topological polar surface area (TPSA) is 43.7 Å². The first kappa shape index (κ1) is 19.3. The van der Waals surface area contributed by atoms with Crippen LogP contribution in [0.25, 0.3) is 21.5 Å². The molecule has 0 fully saturated rings. The van der Waals surface area contributed by atoms with Gasteiger partial charge in [-0.3, -0.25) is 4.90 Å². The minimum atomic E-state index is 0.326. The first-order chi connectivity index (χ1) is 14.2. The molecule has 29 heavy (non-hydrogen) atoms. The van der Waals surface area contributed by atoms with Crippen molar-refractivity contribution in [1.82, 2.24) is 4.90 Å². The number of hydrogen-bond acceptors (Lipinski definition) is 3. The van der Waals surface area contributed by atoms with E-state index in [9.17, 15) is 10.2 Å². The van der Waals surface area contributed by atoms with Crippen molar-refractivity contribution in [3.8, 4) is 11.5 Å². The van der Waals surface area contributed by atoms with Crippen LogP contribution in [-0.4, -0.2) is 21.7 Å². The van der Waals surface area contributed by atoms with Crippen molar-refractivity contribution in [2.45, 2.75) is 32.9 Å². The van der Waals surface area contributed by atoms with Crippen LogP contribution in [0.2, 0.25) is 0 Å². The van der Waals surface area contributed by atoms with E-state index >= 15 is 0 Å². The van der Waals surface area contributed by atoms with Gasteiger partial charge >= 0.3 is 0 Å². The van der Waals surface area contributed by atoms with E-state index in [0.29, 0.717) is 24.6 Å². The van der Waals surface area contributed by atoms with Gasteiger partial charge in [0.15, 0.2) is 0 Å². The van der Waals surface area contributed by atoms with Gasteiger partial charge in [-0.2, -0.15) is 0 Å². The molecule has 0 saturated heterocycles. The maximum absolute atomic E-state index is 10.6. The summed E-state index contributed by atoms with van der Waals surface area (Å²) in [6, 6.07) is 23.8. The predicted octanol–water partition coefficient (Wildman–Crippen LogP) is 6.21. The van der Waals surface area contributed by atoms with Gasteiger partial charge in [0, 0.05) is 24.2 Å². The number of unbranched alkanes of at least 4 members (excludes halogenated alkanes) is 1. The Morgan fingerprint density at radius 3 is 1.62 bits per heavy atom. The van der Waals surface area contributed by atoms with Crippen molar-refractivity contribution >= 4 is 21.5 Å². The molecule has 0 amide bonds. The number of phenols is 2. The summed E-state index contributed by atoms with van der Waals surface area (Å²) in [6.07, 6.45) is 2.16. The Bertz CT molecular complexity index is 1050. The normalized spacial score (nSPS) is 11.5. The van der Waals surface area contributed by atoms with Crippen molar-refractivity contribution in [3.63, 3.8) is 0 Å². The fraction of sp³-hybridized carbons (Fsp3) is 0.231. The summed E-state index contributed by atoms with van der Waals surface area (Å²) in [7, 11) is 0. The molecule has 0 saturated carbocycles. The summed E-state index contributed by atoms with van der Waals surface area (Å²) >= 11 is 0. The van der Waals surface area contributed by atoms with Crippen molar-refractivity contribution in [1.29, 1.82) is 0 Å². The Hall–Kier alpha value is -3.04. The monoisotopic (exact) mass is 385 g/mol. The molecule has 0 aliphatic carbocycles. The summed E-state index contributed by atoms with van der Waals surface area (Å²) in [6.45, 7) is 4.36. The quantitative estimate of drug-likeness (QED) is 0.398. The van der Waals surface area contributed by atoms with Crippen molar-refractivity contribution in [2.24, 2.45) is 0 Å². The number of aromatic hydroxyl groups is 2. The average molecular weight is 386 g/mol. The fourth-order valence-electron chi connectivity index (χ4n) is 4.02. The molecule has 4 aromatic carbocycles. The third-order valence-electron chi connectivity index (χ3n) is 5.62. The van der Waals surface area contributed by atoms with E-state index in [4.69, 9.17) is 0 Å². The second-order valence-corrected chi connectivity index (χ2v) is 7.63. The van der Waals surface area contributed by atoms with E-state index in [0.717, 1.165) is 52.1 Å². The van der Waals surface area contributed by atoms with Crippen LogP contribution in [0.15, 0.2) is 72.8 Å². The van der Waals surface area contributed by atoms with Crippen molar-refractivity contribution in [3.05, 3.63) is 83.9 Å². The maximum atomic E-state index is 10.6. The van der Waals surface area contributed by atoms with E-state index in [1.165, 1.54) is 0 Å². The first-order valence-corrected chi connectivity index (χ1v) is 10.3. The first-order valence-electron chi connectivity index (χ1n) is 10.3. The van der Waals surface area contributed by atoms with Gasteiger partial charge in [0.2, 0.25) is 0 Å². The maximum Gasteiger partial charge on any atom is 0.120 e. The lowest BCUT2D eigenvalue weighted by atomic mass is 10.0. The highest BCUT2D eigenvalue weighted by atomic mass is 16.3. The van der Waals surface area contributed by atoms with Crippen LogP contribution in [0.4, 0.5) is 0 Å². The van der Waals surface area contributed by atoms with Gasteiger partial charge in [-0.15, -0.1) is 0 Å². The molecule has 3 nitrogen and oxygen atoms in total. The molecule has 0 aromatic heterocycles. The summed E-state index contributed by atoms with van der Waals surface area (Å²) in [5, 5.41) is 25.6. The Morgan fingerprint density at radius 1 is 0.655 bits per heavy atom. The minimum Gasteiger partial charge on any atom is -0.508 e. The highest BCUT2D eigenvalue weighted by Gasteiger charge is 2.16. The van der Waals surface area contributed by atoms with E-state index in [1.54, 1.807) is 12.1 Å². The fourth-order valence-corrected chi connectivity index (χ4v) is 4.02. The van der Waals surface area contributed by atoms with Crippen LogP contribution in [0.1, 0.15) is 30.9 Å². The van der Waals surface area contributed by atoms with Gasteiger partial charge < -0.3 is 10.2 Å². The number of hydrogen-bond donors (Lipinski definition) is 2. The lowest BCUT2D eigenvalue weighted by Gasteiger charge is -2.25. The van der Waals surface area contributed by atoms with E-state index in [-0.39, 0.29) is 0 Å². The predicted molar refractivity (Wildman–Crippen MR) is 120 cm³/mol. The zero-order valence-electron chi connectivity index (χ0n) is 16.8. The third kappa shape index (κ3) is 4.06. The second kappa shape index (κ2) is 8.54. The second-order valence-electron chi connectivity index (χ2n) is 7.63. The number of rotatable bonds is 7. The van der Waals surface area contributed by atoms with Crippen LogP contribution < -0.4 is 0 Å². The van der Waals surface area contributed by atoms with E-state index in [2.05, 4.69) is 36.1 Å². The van der Waals surface area contributed by atoms with E-state index in [1.807, 2.05) is 36.4 Å². The highest BCUT2D eigenvalue weighted by Crippen LogP contribution is 2.32. The minimum absolute atomic E-state index is 0.326. The van der Waals surface area contributed by atoms with Crippen LogP contribution in [-0.2, 0) is 13.1 Å². The summed E-state index contributed by atoms with van der Waals surface area (Å²) in [5.41, 5.74) is 1.89. The van der Waals surface area contributed by atoms with E-state index < -0.39 is 0 Å². The van der Waals surface area contributed by atoms with Crippen LogP contribution in [0.3, 0.4) is 0 Å². The van der Waals surface area contributed by atoms with Crippen LogP contribution in [0.5, 0.6) is 11.5 Å². The molecule has 0 bridgehead atoms. The van der Waals surface area contributed by atoms with Gasteiger partial charge in [0.1, 0.15) is 11.5 Å². The molecule has 0 aliphatic rings. The van der Waals surface area contributed by atoms with Gasteiger partial charge in [-0.1, -0.05) is 74.0 Å². The SMILES string of the molecule is CCCCN(Cc1c(O)ccc2ccccc12)Cc1c(O)ccc2ccccc12. The van der Waals surface area contributed by atoms with Crippen molar-refractivity contribution < 1.29 is 10.2 Å². The smallest absolute Gasteiger partial charge is 0.120 e. The zero-order valence-corrected chi connectivity index (χ0v) is 16.8. The third-order valence-corrected chi connectivity index (χ3v) is 5.62. The Balaban J connectivity index is 1.72. The number of fused-ring (bicyclic) bond motifs is 2. The molecule has 148 valence electrons. The molecule has 2 N–H and O–H groups in total. The average Bonchev–Trinajstić information content (AvgIpc) is 2.75. The van der Waals surface area contributed by atoms with Gasteiger partial charge in [-0.05, 0) is 46.6 Å². The number of nitrogens with zero attached hydrogens (tertiary/aromatic N) is 1. The van der Waals surface area contributed by atoms with Gasteiger partial charge in [-0.25, -0.2) is 0 Å². The molecule has 0 radical (unpaired) electrons. The van der Waals surface area contributed by atoms with Gasteiger partial charge in [0.25, 0.3) is 0 Å². The van der Waals surface area contributed by atoms with Crippen LogP contribution >= 0.6 is 0 Å². The Labute approximate surface area is 171 Å². The molecule has 0 aliphatic heterocycles. The van der Waals surface area contributed by atoms with Crippen LogP contribution in [0, 0.1) is 0 Å². The molecule has 0 unspecified atom stereocenters.